The molecule has 0 spiro atoms. The second kappa shape index (κ2) is 3.78. The van der Waals surface area contributed by atoms with Gasteiger partial charge in [-0.15, -0.1) is 0 Å². The number of nitrogens with two attached hydrogens (primary N) is 1. The van der Waals surface area contributed by atoms with Crippen LogP contribution in [-0.4, -0.2) is 6.61 Å². The van der Waals surface area contributed by atoms with Gasteiger partial charge < -0.3 is 10.5 Å². The van der Waals surface area contributed by atoms with Gasteiger partial charge in [-0.25, -0.2) is 9.45 Å². The summed E-state index contributed by atoms with van der Waals surface area (Å²) in [6, 6.07) is 2.71. The van der Waals surface area contributed by atoms with Crippen LogP contribution in [0.3, 0.4) is 0 Å². The normalized spacial score (nSPS) is 13.6. The Labute approximate surface area is 86.6 Å². The van der Waals surface area contributed by atoms with E-state index in [1.165, 1.54) is 23.5 Å². The number of nitrogen functional groups attached to an aromatic ring is 1. The lowest BCUT2D eigenvalue weighted by Crippen LogP contribution is -2.20. The molecule has 5 heteroatoms. The van der Waals surface area contributed by atoms with E-state index >= 15 is 0 Å². The molecule has 80 valence electrons. The van der Waals surface area contributed by atoms with Crippen molar-refractivity contribution in [3.63, 3.8) is 0 Å². The van der Waals surface area contributed by atoms with Crippen LogP contribution in [0.4, 0.5) is 15.8 Å². The van der Waals surface area contributed by atoms with Gasteiger partial charge in [-0.05, 0) is 13.0 Å². The van der Waals surface area contributed by atoms with Crippen molar-refractivity contribution in [2.45, 2.75) is 6.92 Å². The summed E-state index contributed by atoms with van der Waals surface area (Å²) in [6.07, 6.45) is 3.02. The standard InChI is InChI=1S/C10H11FN2O2/c1-2-15-13-3-4-14-10-5-7(11)8(12)6-9(10)13/h3-6H,2,12H2,1H3. The van der Waals surface area contributed by atoms with Crippen LogP contribution in [0, 0.1) is 5.82 Å². The Balaban J connectivity index is 2.41. The molecule has 0 bridgehead atoms. The van der Waals surface area contributed by atoms with Gasteiger partial charge in [0.05, 0.1) is 18.5 Å². The Morgan fingerprint density at radius 1 is 1.53 bits per heavy atom. The summed E-state index contributed by atoms with van der Waals surface area (Å²) in [4.78, 5) is 5.29. The average Bonchev–Trinajstić information content (AvgIpc) is 2.21. The van der Waals surface area contributed by atoms with Crippen LogP contribution in [0.5, 0.6) is 5.75 Å². The average molecular weight is 210 g/mol. The molecule has 1 aromatic rings. The number of halogens is 1. The predicted octanol–water partition coefficient (Wildman–Crippen LogP) is 2.03. The quantitative estimate of drug-likeness (QED) is 0.759. The fourth-order valence-electron chi connectivity index (χ4n) is 1.32. The molecule has 0 fully saturated rings. The van der Waals surface area contributed by atoms with Crippen LogP contribution < -0.4 is 15.5 Å². The van der Waals surface area contributed by atoms with E-state index in [4.69, 9.17) is 15.3 Å². The third-order valence-electron chi connectivity index (χ3n) is 1.98. The summed E-state index contributed by atoms with van der Waals surface area (Å²) < 4.78 is 18.3. The highest BCUT2D eigenvalue weighted by molar-refractivity contribution is 5.66. The SMILES string of the molecule is CCON1C=COc2cc(F)c(N)cc21. The van der Waals surface area contributed by atoms with Crippen LogP contribution in [0.1, 0.15) is 6.92 Å². The van der Waals surface area contributed by atoms with Gasteiger partial charge >= 0.3 is 0 Å². The van der Waals surface area contributed by atoms with Gasteiger partial charge in [-0.3, -0.25) is 4.84 Å². The number of hydrogen-bond donors (Lipinski definition) is 1. The molecule has 2 rings (SSSR count). The predicted molar refractivity (Wildman–Crippen MR) is 54.7 cm³/mol. The van der Waals surface area contributed by atoms with Gasteiger partial charge in [-0.1, -0.05) is 0 Å². The molecule has 2 N–H and O–H groups in total. The minimum atomic E-state index is -0.500. The number of benzene rings is 1. The van der Waals surface area contributed by atoms with Gasteiger partial charge in [0.1, 0.15) is 17.8 Å². The van der Waals surface area contributed by atoms with Crippen LogP contribution in [0.2, 0.25) is 0 Å². The van der Waals surface area contributed by atoms with E-state index in [0.717, 1.165) is 0 Å². The highest BCUT2D eigenvalue weighted by Crippen LogP contribution is 2.35. The van der Waals surface area contributed by atoms with E-state index in [-0.39, 0.29) is 5.69 Å². The zero-order chi connectivity index (χ0) is 10.8. The van der Waals surface area contributed by atoms with Crippen molar-refractivity contribution in [2.24, 2.45) is 0 Å². The van der Waals surface area contributed by atoms with Crippen molar-refractivity contribution < 1.29 is 14.0 Å². The Morgan fingerprint density at radius 3 is 3.07 bits per heavy atom. The summed E-state index contributed by atoms with van der Waals surface area (Å²) in [6.45, 7) is 2.36. The van der Waals surface area contributed by atoms with Crippen LogP contribution in [0.15, 0.2) is 24.6 Å². The second-order valence-corrected chi connectivity index (χ2v) is 2.99. The maximum Gasteiger partial charge on any atom is 0.155 e. The Bertz CT molecular complexity index is 407. The first-order chi connectivity index (χ1) is 7.22. The molecule has 0 radical (unpaired) electrons. The number of hydrogen-bond acceptors (Lipinski definition) is 4. The first kappa shape index (κ1) is 9.79. The van der Waals surface area contributed by atoms with Gasteiger partial charge in [0.25, 0.3) is 0 Å². The fourth-order valence-corrected chi connectivity index (χ4v) is 1.32. The molecule has 1 aliphatic rings. The van der Waals surface area contributed by atoms with E-state index in [0.29, 0.717) is 18.0 Å². The van der Waals surface area contributed by atoms with E-state index in [1.54, 1.807) is 6.20 Å². The fraction of sp³-hybridized carbons (Fsp3) is 0.200. The Kier molecular flexibility index (Phi) is 2.47. The third-order valence-corrected chi connectivity index (χ3v) is 1.98. The lowest BCUT2D eigenvalue weighted by atomic mass is 10.2. The van der Waals surface area contributed by atoms with Crippen LogP contribution in [0.25, 0.3) is 0 Å². The lowest BCUT2D eigenvalue weighted by Gasteiger charge is -2.24. The van der Waals surface area contributed by atoms with Crippen molar-refractivity contribution in [3.8, 4) is 5.75 Å². The van der Waals surface area contributed by atoms with Crippen LogP contribution >= 0.6 is 0 Å². The first-order valence-corrected chi connectivity index (χ1v) is 4.57. The Morgan fingerprint density at radius 2 is 2.33 bits per heavy atom. The molecule has 0 saturated heterocycles. The van der Waals surface area contributed by atoms with Crippen molar-refractivity contribution in [1.29, 1.82) is 0 Å². The zero-order valence-corrected chi connectivity index (χ0v) is 8.24. The van der Waals surface area contributed by atoms with Gasteiger partial charge in [0.2, 0.25) is 0 Å². The van der Waals surface area contributed by atoms with Crippen LogP contribution in [-0.2, 0) is 4.84 Å². The monoisotopic (exact) mass is 210 g/mol. The summed E-state index contributed by atoms with van der Waals surface area (Å²) in [5.74, 6) is -0.113. The number of fused-ring (bicyclic) bond motifs is 1. The van der Waals surface area contributed by atoms with Crippen molar-refractivity contribution in [1.82, 2.24) is 0 Å². The number of nitrogens with zero attached hydrogens (tertiary/aromatic N) is 1. The van der Waals surface area contributed by atoms with Gasteiger partial charge in [0, 0.05) is 6.07 Å². The van der Waals surface area contributed by atoms with E-state index < -0.39 is 5.82 Å². The zero-order valence-electron chi connectivity index (χ0n) is 8.24. The highest BCUT2D eigenvalue weighted by Gasteiger charge is 2.17. The first-order valence-electron chi connectivity index (χ1n) is 4.57. The molecule has 15 heavy (non-hydrogen) atoms. The summed E-state index contributed by atoms with van der Waals surface area (Å²) in [5.41, 5.74) is 6.13. The molecule has 0 amide bonds. The van der Waals surface area contributed by atoms with Gasteiger partial charge in [0.15, 0.2) is 5.75 Å². The maximum atomic E-state index is 13.1. The minimum absolute atomic E-state index is 0.0670. The molecule has 1 aromatic carbocycles. The molecule has 0 unspecified atom stereocenters. The molecule has 0 aromatic heterocycles. The van der Waals surface area contributed by atoms with Crippen molar-refractivity contribution in [3.05, 3.63) is 30.4 Å². The Hall–Kier alpha value is -1.75. The number of anilines is 2. The van der Waals surface area contributed by atoms with Crippen molar-refractivity contribution >= 4 is 11.4 Å². The third kappa shape index (κ3) is 1.73. The molecule has 0 aliphatic carbocycles. The molecular formula is C10H11FN2O2. The molecule has 0 saturated carbocycles. The maximum absolute atomic E-state index is 13.1. The van der Waals surface area contributed by atoms with Gasteiger partial charge in [-0.2, -0.15) is 0 Å². The smallest absolute Gasteiger partial charge is 0.155 e. The molecule has 0 atom stereocenters. The van der Waals surface area contributed by atoms with E-state index in [9.17, 15) is 4.39 Å². The molecule has 4 nitrogen and oxygen atoms in total. The van der Waals surface area contributed by atoms with E-state index in [2.05, 4.69) is 0 Å². The summed E-state index contributed by atoms with van der Waals surface area (Å²) in [7, 11) is 0. The topological polar surface area (TPSA) is 47.7 Å². The summed E-state index contributed by atoms with van der Waals surface area (Å²) in [5, 5.41) is 1.49. The largest absolute Gasteiger partial charge is 0.461 e. The number of ether oxygens (including phenoxy) is 1. The number of rotatable bonds is 2. The highest BCUT2D eigenvalue weighted by atomic mass is 19.1. The number of hydroxylamine groups is 1. The second-order valence-electron chi connectivity index (χ2n) is 2.99. The summed E-state index contributed by atoms with van der Waals surface area (Å²) >= 11 is 0. The minimum Gasteiger partial charge on any atom is -0.461 e. The van der Waals surface area contributed by atoms with E-state index in [1.807, 2.05) is 6.92 Å². The molecular weight excluding hydrogens is 199 g/mol. The molecule has 1 aliphatic heterocycles. The van der Waals surface area contributed by atoms with Crippen molar-refractivity contribution in [2.75, 3.05) is 17.4 Å². The molecule has 1 heterocycles. The lowest BCUT2D eigenvalue weighted by molar-refractivity contribution is 0.140.